The number of esters is 1. The van der Waals surface area contributed by atoms with Gasteiger partial charge in [-0.15, -0.1) is 0 Å². The second-order valence-corrected chi connectivity index (χ2v) is 5.45. The Morgan fingerprint density at radius 3 is 2.86 bits per heavy atom. The number of nitrogens with zero attached hydrogens (tertiary/aromatic N) is 2. The molecular formula is C15H24N2O4. The predicted octanol–water partition coefficient (Wildman–Crippen LogP) is 1.84. The second kappa shape index (κ2) is 7.56. The predicted molar refractivity (Wildman–Crippen MR) is 76.9 cm³/mol. The van der Waals surface area contributed by atoms with Crippen molar-refractivity contribution in [1.82, 2.24) is 9.88 Å². The largest absolute Gasteiger partial charge is 0.469 e. The highest BCUT2D eigenvalue weighted by molar-refractivity contribution is 5.69. The Balaban J connectivity index is 1.94. The number of methoxy groups -OCH3 is 1. The lowest BCUT2D eigenvalue weighted by Crippen LogP contribution is -2.33. The summed E-state index contributed by atoms with van der Waals surface area (Å²) >= 11 is 0. The van der Waals surface area contributed by atoms with Crippen molar-refractivity contribution >= 4 is 5.97 Å². The van der Waals surface area contributed by atoms with E-state index in [2.05, 4.69) is 9.88 Å². The Kier molecular flexibility index (Phi) is 5.76. The molecule has 0 spiro atoms. The van der Waals surface area contributed by atoms with E-state index in [0.717, 1.165) is 37.4 Å². The summed E-state index contributed by atoms with van der Waals surface area (Å²) in [5, 5.41) is 0. The molecule has 1 atom stereocenters. The van der Waals surface area contributed by atoms with E-state index in [4.69, 9.17) is 13.9 Å². The van der Waals surface area contributed by atoms with Crippen molar-refractivity contribution in [2.45, 2.75) is 45.8 Å². The smallest absolute Gasteiger partial charge is 0.306 e. The molecule has 2 rings (SSSR count). The van der Waals surface area contributed by atoms with E-state index in [9.17, 15) is 4.79 Å². The molecule has 1 aliphatic rings. The minimum absolute atomic E-state index is 0.202. The number of aromatic nitrogens is 1. The molecule has 1 saturated heterocycles. The monoisotopic (exact) mass is 296 g/mol. The summed E-state index contributed by atoms with van der Waals surface area (Å²) in [7, 11) is 1.41. The Morgan fingerprint density at radius 2 is 2.29 bits per heavy atom. The molecule has 0 aromatic carbocycles. The van der Waals surface area contributed by atoms with Gasteiger partial charge in [0.1, 0.15) is 5.76 Å². The van der Waals surface area contributed by atoms with Gasteiger partial charge in [0, 0.05) is 19.7 Å². The highest BCUT2D eigenvalue weighted by atomic mass is 16.5. The summed E-state index contributed by atoms with van der Waals surface area (Å²) in [6.07, 6.45) is 2.77. The first-order valence-electron chi connectivity index (χ1n) is 7.42. The number of hydrogen-bond acceptors (Lipinski definition) is 6. The van der Waals surface area contributed by atoms with Crippen LogP contribution in [0, 0.1) is 13.8 Å². The number of carbonyl (C=O) groups excluding carboxylic acids is 1. The lowest BCUT2D eigenvalue weighted by atomic mass is 10.2. The fraction of sp³-hybridized carbons (Fsp3) is 0.733. The van der Waals surface area contributed by atoms with Gasteiger partial charge in [0.05, 0.1) is 31.9 Å². The van der Waals surface area contributed by atoms with Gasteiger partial charge in [-0.25, -0.2) is 4.98 Å². The molecule has 0 aliphatic carbocycles. The lowest BCUT2D eigenvalue weighted by Gasteiger charge is -2.23. The zero-order chi connectivity index (χ0) is 15.2. The van der Waals surface area contributed by atoms with Crippen molar-refractivity contribution < 1.29 is 18.7 Å². The van der Waals surface area contributed by atoms with Crippen molar-refractivity contribution in [2.75, 3.05) is 26.8 Å². The van der Waals surface area contributed by atoms with Gasteiger partial charge < -0.3 is 13.9 Å². The van der Waals surface area contributed by atoms with Crippen LogP contribution in [0.15, 0.2) is 4.42 Å². The minimum Gasteiger partial charge on any atom is -0.469 e. The summed E-state index contributed by atoms with van der Waals surface area (Å²) in [5.41, 5.74) is 0.912. The van der Waals surface area contributed by atoms with Gasteiger partial charge >= 0.3 is 5.97 Å². The molecule has 1 aromatic rings. The van der Waals surface area contributed by atoms with Gasteiger partial charge in [0.2, 0.25) is 5.89 Å². The van der Waals surface area contributed by atoms with E-state index in [1.807, 2.05) is 13.8 Å². The zero-order valence-electron chi connectivity index (χ0n) is 13.1. The minimum atomic E-state index is -0.202. The van der Waals surface area contributed by atoms with Crippen LogP contribution in [0.1, 0.15) is 36.6 Å². The van der Waals surface area contributed by atoms with Gasteiger partial charge in [0.25, 0.3) is 0 Å². The van der Waals surface area contributed by atoms with Crippen LogP contribution < -0.4 is 0 Å². The van der Waals surface area contributed by atoms with E-state index in [0.29, 0.717) is 25.4 Å². The summed E-state index contributed by atoms with van der Waals surface area (Å²) < 4.78 is 16.0. The van der Waals surface area contributed by atoms with E-state index in [1.54, 1.807) is 0 Å². The standard InChI is InChI=1S/C15H24N2O4/c1-11-12(2)21-14(16-11)10-17(7-6-15(18)19-3)9-13-5-4-8-20-13/h13H,4-10H2,1-3H3/t13-/m0/s1. The van der Waals surface area contributed by atoms with Crippen molar-refractivity contribution in [3.8, 4) is 0 Å². The molecule has 0 N–H and O–H groups in total. The lowest BCUT2D eigenvalue weighted by molar-refractivity contribution is -0.141. The number of rotatable bonds is 7. The van der Waals surface area contributed by atoms with Crippen LogP contribution in [0.3, 0.4) is 0 Å². The number of carbonyl (C=O) groups is 1. The number of aryl methyl sites for hydroxylation is 2. The number of oxazole rings is 1. The number of ether oxygens (including phenoxy) is 2. The van der Waals surface area contributed by atoms with E-state index in [1.165, 1.54) is 7.11 Å². The maximum Gasteiger partial charge on any atom is 0.306 e. The molecule has 118 valence electrons. The molecule has 6 nitrogen and oxygen atoms in total. The van der Waals surface area contributed by atoms with Crippen molar-refractivity contribution in [3.05, 3.63) is 17.3 Å². The quantitative estimate of drug-likeness (QED) is 0.715. The molecule has 0 unspecified atom stereocenters. The average molecular weight is 296 g/mol. The molecular weight excluding hydrogens is 272 g/mol. The van der Waals surface area contributed by atoms with Crippen LogP contribution in [0.2, 0.25) is 0 Å². The van der Waals surface area contributed by atoms with E-state index < -0.39 is 0 Å². The molecule has 0 saturated carbocycles. The first-order chi connectivity index (χ1) is 10.1. The first kappa shape index (κ1) is 16.0. The van der Waals surface area contributed by atoms with E-state index in [-0.39, 0.29) is 12.1 Å². The van der Waals surface area contributed by atoms with Crippen LogP contribution in [0.25, 0.3) is 0 Å². The molecule has 1 aromatic heterocycles. The Labute approximate surface area is 125 Å². The topological polar surface area (TPSA) is 64.8 Å². The maximum atomic E-state index is 11.3. The number of hydrogen-bond donors (Lipinski definition) is 0. The summed E-state index contributed by atoms with van der Waals surface area (Å²) in [5.74, 6) is 1.33. The molecule has 1 fully saturated rings. The second-order valence-electron chi connectivity index (χ2n) is 5.45. The molecule has 21 heavy (non-hydrogen) atoms. The highest BCUT2D eigenvalue weighted by Crippen LogP contribution is 2.16. The third-order valence-corrected chi connectivity index (χ3v) is 3.78. The van der Waals surface area contributed by atoms with Gasteiger partial charge in [0.15, 0.2) is 0 Å². The normalized spacial score (nSPS) is 18.4. The fourth-order valence-electron chi connectivity index (χ4n) is 2.46. The molecule has 6 heteroatoms. The van der Waals surface area contributed by atoms with Crippen LogP contribution >= 0.6 is 0 Å². The maximum absolute atomic E-state index is 11.3. The average Bonchev–Trinajstić information content (AvgIpc) is 3.06. The summed E-state index contributed by atoms with van der Waals surface area (Å²) in [4.78, 5) is 17.9. The summed E-state index contributed by atoms with van der Waals surface area (Å²) in [6.45, 7) is 6.66. The molecule has 1 aliphatic heterocycles. The van der Waals surface area contributed by atoms with Gasteiger partial charge in [-0.1, -0.05) is 0 Å². The van der Waals surface area contributed by atoms with Crippen LogP contribution in [0.5, 0.6) is 0 Å². The van der Waals surface area contributed by atoms with E-state index >= 15 is 0 Å². The third kappa shape index (κ3) is 4.82. The summed E-state index contributed by atoms with van der Waals surface area (Å²) in [6, 6.07) is 0. The fourth-order valence-corrected chi connectivity index (χ4v) is 2.46. The molecule has 0 bridgehead atoms. The Hall–Kier alpha value is -1.40. The van der Waals surface area contributed by atoms with Crippen LogP contribution in [0.4, 0.5) is 0 Å². The van der Waals surface area contributed by atoms with Gasteiger partial charge in [-0.05, 0) is 26.7 Å². The van der Waals surface area contributed by atoms with Crippen LogP contribution in [-0.2, 0) is 20.8 Å². The van der Waals surface area contributed by atoms with Crippen molar-refractivity contribution in [2.24, 2.45) is 0 Å². The van der Waals surface area contributed by atoms with Gasteiger partial charge in [-0.3, -0.25) is 9.69 Å². The highest BCUT2D eigenvalue weighted by Gasteiger charge is 2.21. The Bertz CT molecular complexity index is 447. The first-order valence-corrected chi connectivity index (χ1v) is 7.42. The SMILES string of the molecule is COC(=O)CCN(Cc1nc(C)c(C)o1)C[C@@H]1CCCO1. The van der Waals surface area contributed by atoms with Gasteiger partial charge in [-0.2, -0.15) is 0 Å². The van der Waals surface area contributed by atoms with Crippen molar-refractivity contribution in [3.63, 3.8) is 0 Å². The molecule has 0 amide bonds. The molecule has 2 heterocycles. The third-order valence-electron chi connectivity index (χ3n) is 3.78. The van der Waals surface area contributed by atoms with Crippen LogP contribution in [-0.4, -0.2) is 48.8 Å². The Morgan fingerprint density at radius 1 is 1.48 bits per heavy atom. The zero-order valence-corrected chi connectivity index (χ0v) is 13.1. The van der Waals surface area contributed by atoms with Crippen molar-refractivity contribution in [1.29, 1.82) is 0 Å². The molecule has 0 radical (unpaired) electrons.